The Hall–Kier alpha value is -1.36. The molecule has 1 aliphatic heterocycles. The molecular weight excluding hydrogens is 298 g/mol. The standard InChI is InChI=1S/C13H14BrNO3/c1-8-7-9(14)5-6-10(8)15-11(13(17)18)3-2-4-12(15)16/h5-7,11H,2-4H2,1H3,(H,17,18). The van der Waals surface area contributed by atoms with Gasteiger partial charge in [-0.3, -0.25) is 9.69 Å². The Morgan fingerprint density at radius 2 is 2.22 bits per heavy atom. The highest BCUT2D eigenvalue weighted by atomic mass is 79.9. The summed E-state index contributed by atoms with van der Waals surface area (Å²) in [5.74, 6) is -1.05. The Morgan fingerprint density at radius 3 is 2.83 bits per heavy atom. The van der Waals surface area contributed by atoms with Crippen molar-refractivity contribution < 1.29 is 14.7 Å². The van der Waals surface area contributed by atoms with Crippen LogP contribution in [-0.2, 0) is 9.59 Å². The van der Waals surface area contributed by atoms with Crippen LogP contribution in [0.25, 0.3) is 0 Å². The molecule has 4 nitrogen and oxygen atoms in total. The maximum Gasteiger partial charge on any atom is 0.326 e. The number of halogens is 1. The van der Waals surface area contributed by atoms with Crippen LogP contribution in [0.1, 0.15) is 24.8 Å². The molecule has 1 heterocycles. The minimum atomic E-state index is -0.939. The number of nitrogens with zero attached hydrogens (tertiary/aromatic N) is 1. The highest BCUT2D eigenvalue weighted by molar-refractivity contribution is 9.10. The van der Waals surface area contributed by atoms with Crippen molar-refractivity contribution in [2.45, 2.75) is 32.2 Å². The van der Waals surface area contributed by atoms with E-state index in [0.29, 0.717) is 24.9 Å². The lowest BCUT2D eigenvalue weighted by Crippen LogP contribution is -2.48. The summed E-state index contributed by atoms with van der Waals surface area (Å²) in [5.41, 5.74) is 1.58. The number of amides is 1. The van der Waals surface area contributed by atoms with Gasteiger partial charge in [0.2, 0.25) is 5.91 Å². The summed E-state index contributed by atoms with van der Waals surface area (Å²) in [6, 6.07) is 4.75. The van der Waals surface area contributed by atoms with Crippen molar-refractivity contribution in [2.24, 2.45) is 0 Å². The molecule has 2 rings (SSSR count). The molecule has 1 N–H and O–H groups in total. The smallest absolute Gasteiger partial charge is 0.326 e. The van der Waals surface area contributed by atoms with Crippen LogP contribution in [0, 0.1) is 6.92 Å². The van der Waals surface area contributed by atoms with E-state index >= 15 is 0 Å². The molecule has 0 spiro atoms. The van der Waals surface area contributed by atoms with E-state index in [2.05, 4.69) is 15.9 Å². The zero-order valence-electron chi connectivity index (χ0n) is 10.0. The van der Waals surface area contributed by atoms with Crippen molar-refractivity contribution in [3.05, 3.63) is 28.2 Å². The molecule has 1 unspecified atom stereocenters. The van der Waals surface area contributed by atoms with Crippen LogP contribution in [-0.4, -0.2) is 23.0 Å². The maximum absolute atomic E-state index is 12.0. The van der Waals surface area contributed by atoms with Gasteiger partial charge in [0.25, 0.3) is 0 Å². The quantitative estimate of drug-likeness (QED) is 0.913. The van der Waals surface area contributed by atoms with Crippen LogP contribution >= 0.6 is 15.9 Å². The molecule has 1 aromatic rings. The van der Waals surface area contributed by atoms with Gasteiger partial charge in [0, 0.05) is 16.6 Å². The van der Waals surface area contributed by atoms with Gasteiger partial charge in [0.05, 0.1) is 0 Å². The van der Waals surface area contributed by atoms with Crippen LogP contribution in [0.2, 0.25) is 0 Å². The van der Waals surface area contributed by atoms with E-state index in [-0.39, 0.29) is 5.91 Å². The van der Waals surface area contributed by atoms with Crippen LogP contribution in [0.5, 0.6) is 0 Å². The van der Waals surface area contributed by atoms with Crippen LogP contribution < -0.4 is 4.90 Å². The van der Waals surface area contributed by atoms with Gasteiger partial charge in [-0.25, -0.2) is 4.79 Å². The van der Waals surface area contributed by atoms with E-state index in [1.54, 1.807) is 6.07 Å². The van der Waals surface area contributed by atoms with E-state index in [0.717, 1.165) is 10.0 Å². The number of hydrogen-bond acceptors (Lipinski definition) is 2. The maximum atomic E-state index is 12.0. The lowest BCUT2D eigenvalue weighted by molar-refractivity contribution is -0.141. The van der Waals surface area contributed by atoms with Gasteiger partial charge in [0.15, 0.2) is 0 Å². The highest BCUT2D eigenvalue weighted by Gasteiger charge is 2.34. The number of aryl methyl sites for hydroxylation is 1. The van der Waals surface area contributed by atoms with Gasteiger partial charge in [0.1, 0.15) is 6.04 Å². The zero-order valence-corrected chi connectivity index (χ0v) is 11.6. The molecule has 18 heavy (non-hydrogen) atoms. The third-order valence-corrected chi connectivity index (χ3v) is 3.65. The Balaban J connectivity index is 2.43. The van der Waals surface area contributed by atoms with E-state index in [4.69, 9.17) is 0 Å². The van der Waals surface area contributed by atoms with Crippen molar-refractivity contribution >= 4 is 33.5 Å². The molecule has 1 aromatic carbocycles. The molecule has 0 bridgehead atoms. The average Bonchev–Trinajstić information content (AvgIpc) is 2.29. The Morgan fingerprint density at radius 1 is 1.50 bits per heavy atom. The number of piperidine rings is 1. The fourth-order valence-corrected chi connectivity index (χ4v) is 2.77. The van der Waals surface area contributed by atoms with Crippen molar-refractivity contribution in [1.29, 1.82) is 0 Å². The Labute approximate surface area is 114 Å². The number of hydrogen-bond donors (Lipinski definition) is 1. The first-order chi connectivity index (χ1) is 8.50. The topological polar surface area (TPSA) is 57.6 Å². The highest BCUT2D eigenvalue weighted by Crippen LogP contribution is 2.30. The first-order valence-corrected chi connectivity index (χ1v) is 6.61. The SMILES string of the molecule is Cc1cc(Br)ccc1N1C(=O)CCCC1C(=O)O. The van der Waals surface area contributed by atoms with Crippen LogP contribution in [0.4, 0.5) is 5.69 Å². The molecule has 0 aliphatic carbocycles. The zero-order chi connectivity index (χ0) is 13.3. The molecule has 1 saturated heterocycles. The molecule has 1 fully saturated rings. The monoisotopic (exact) mass is 311 g/mol. The Bertz CT molecular complexity index is 501. The van der Waals surface area contributed by atoms with Crippen LogP contribution in [0.15, 0.2) is 22.7 Å². The average molecular weight is 312 g/mol. The number of aliphatic carboxylic acids is 1. The summed E-state index contributed by atoms with van der Waals surface area (Å²) in [5, 5.41) is 9.23. The summed E-state index contributed by atoms with van der Waals surface area (Å²) in [6.07, 6.45) is 1.57. The molecule has 1 aliphatic rings. The number of carbonyl (C=O) groups excluding carboxylic acids is 1. The molecule has 0 radical (unpaired) electrons. The van der Waals surface area contributed by atoms with Crippen molar-refractivity contribution in [3.63, 3.8) is 0 Å². The van der Waals surface area contributed by atoms with Crippen molar-refractivity contribution in [1.82, 2.24) is 0 Å². The first-order valence-electron chi connectivity index (χ1n) is 5.81. The van der Waals surface area contributed by atoms with Gasteiger partial charge in [-0.05, 0) is 43.5 Å². The number of rotatable bonds is 2. The van der Waals surface area contributed by atoms with Crippen LogP contribution in [0.3, 0.4) is 0 Å². The molecule has 0 saturated carbocycles. The van der Waals surface area contributed by atoms with Crippen molar-refractivity contribution in [2.75, 3.05) is 4.90 Å². The van der Waals surface area contributed by atoms with Gasteiger partial charge < -0.3 is 5.11 Å². The lowest BCUT2D eigenvalue weighted by atomic mass is 9.99. The van der Waals surface area contributed by atoms with Gasteiger partial charge in [-0.15, -0.1) is 0 Å². The molecule has 0 aromatic heterocycles. The van der Waals surface area contributed by atoms with Gasteiger partial charge >= 0.3 is 5.97 Å². The number of anilines is 1. The van der Waals surface area contributed by atoms with Gasteiger partial charge in [-0.2, -0.15) is 0 Å². The fraction of sp³-hybridized carbons (Fsp3) is 0.385. The third-order valence-electron chi connectivity index (χ3n) is 3.15. The van der Waals surface area contributed by atoms with Gasteiger partial charge in [-0.1, -0.05) is 15.9 Å². The lowest BCUT2D eigenvalue weighted by Gasteiger charge is -2.33. The molecular formula is C13H14BrNO3. The molecule has 1 atom stereocenters. The second kappa shape index (κ2) is 5.10. The number of benzene rings is 1. The summed E-state index contributed by atoms with van der Waals surface area (Å²) in [6.45, 7) is 1.88. The second-order valence-electron chi connectivity index (χ2n) is 4.44. The summed E-state index contributed by atoms with van der Waals surface area (Å²) in [4.78, 5) is 24.7. The van der Waals surface area contributed by atoms with E-state index in [1.165, 1.54) is 4.90 Å². The summed E-state index contributed by atoms with van der Waals surface area (Å²) < 4.78 is 0.917. The summed E-state index contributed by atoms with van der Waals surface area (Å²) in [7, 11) is 0. The predicted octanol–water partition coefficient (Wildman–Crippen LogP) is 2.73. The molecule has 1 amide bonds. The van der Waals surface area contributed by atoms with E-state index in [9.17, 15) is 14.7 Å². The second-order valence-corrected chi connectivity index (χ2v) is 5.36. The largest absolute Gasteiger partial charge is 0.480 e. The normalized spacial score (nSPS) is 20.0. The molecule has 5 heteroatoms. The third kappa shape index (κ3) is 2.41. The van der Waals surface area contributed by atoms with Crippen molar-refractivity contribution in [3.8, 4) is 0 Å². The Kier molecular flexibility index (Phi) is 3.71. The molecule has 96 valence electrons. The summed E-state index contributed by atoms with van der Waals surface area (Å²) >= 11 is 3.36. The number of carboxylic acids is 1. The predicted molar refractivity (Wildman–Crippen MR) is 71.6 cm³/mol. The minimum Gasteiger partial charge on any atom is -0.480 e. The number of carboxylic acid groups (broad SMARTS) is 1. The number of carbonyl (C=O) groups is 2. The van der Waals surface area contributed by atoms with E-state index < -0.39 is 12.0 Å². The fourth-order valence-electron chi connectivity index (χ4n) is 2.30. The van der Waals surface area contributed by atoms with E-state index in [1.807, 2.05) is 19.1 Å². The minimum absolute atomic E-state index is 0.112. The first kappa shape index (κ1) is 13.1.